The summed E-state index contributed by atoms with van der Waals surface area (Å²) < 4.78 is 68.4. The highest BCUT2D eigenvalue weighted by atomic mass is 16.8. The van der Waals surface area contributed by atoms with Crippen molar-refractivity contribution in [1.82, 2.24) is 0 Å². The second-order valence-electron chi connectivity index (χ2n) is 17.3. The molecule has 29 heteroatoms. The smallest absolute Gasteiger partial charge is 0.187 e. The maximum Gasteiger partial charge on any atom is 0.187 e. The summed E-state index contributed by atoms with van der Waals surface area (Å²) in [7, 11) is 1.17. The Labute approximate surface area is 388 Å². The first-order valence-corrected chi connectivity index (χ1v) is 22.1. The first-order chi connectivity index (χ1) is 32.2. The third-order valence-corrected chi connectivity index (χ3v) is 12.7. The highest BCUT2D eigenvalue weighted by Gasteiger charge is 2.56. The van der Waals surface area contributed by atoms with Gasteiger partial charge in [0.1, 0.15) is 122 Å². The summed E-state index contributed by atoms with van der Waals surface area (Å²) in [5.41, 5.74) is 0. The van der Waals surface area contributed by atoms with Gasteiger partial charge < -0.3 is 144 Å². The van der Waals surface area contributed by atoms with Crippen molar-refractivity contribution in [2.75, 3.05) is 46.8 Å². The van der Waals surface area contributed by atoms with Gasteiger partial charge in [-0.05, 0) is 13.8 Å². The summed E-state index contributed by atoms with van der Waals surface area (Å²) in [6.45, 7) is -1.25. The zero-order valence-electron chi connectivity index (χ0n) is 37.5. The normalized spacial score (nSPS) is 47.9. The van der Waals surface area contributed by atoms with Gasteiger partial charge in [0.05, 0.1) is 51.8 Å². The molecule has 11 unspecified atom stereocenters. The van der Waals surface area contributed by atoms with Crippen LogP contribution in [0.4, 0.5) is 0 Å². The number of aliphatic hydroxyl groups excluding tert-OH is 17. The van der Waals surface area contributed by atoms with Crippen molar-refractivity contribution < 1.29 is 144 Å². The van der Waals surface area contributed by atoms with Gasteiger partial charge in [-0.2, -0.15) is 0 Å². The van der Waals surface area contributed by atoms with E-state index in [-0.39, 0.29) is 0 Å². The molecule has 5 saturated heterocycles. The Kier molecular flexibility index (Phi) is 21.8. The third-order valence-electron chi connectivity index (χ3n) is 12.7. The van der Waals surface area contributed by atoms with Gasteiger partial charge in [-0.25, -0.2) is 0 Å². The summed E-state index contributed by atoms with van der Waals surface area (Å²) in [5.74, 6) is -1.21. The van der Waals surface area contributed by atoms with Gasteiger partial charge in [0.25, 0.3) is 0 Å². The largest absolute Gasteiger partial charge is 0.394 e. The van der Waals surface area contributed by atoms with Crippen molar-refractivity contribution in [2.24, 2.45) is 5.92 Å². The number of hydrogen-bond acceptors (Lipinski definition) is 29. The molecule has 17 N–H and O–H groups in total. The standard InChI is InChI=1S/C39H70O29/c1-11-30(65-35(60-15(6-41)14(46)5-40)13(3)59-37-26(53)23(50)20(47)12(2)58-37)21(48)16(7-42)61-34(11)68-33-22(49)17(8-43)62-39(29(33)56)67-32-19(10-45)64-38(28(55)25(32)52)66-31-18(9-44)63-36(57-4)27(54)24(31)51/h11-56H,5-10H2,1-4H3/t11-,12?,13-,14+,15?,16?,17?,18?,19?,20+,21-,22-,23?,24?,25?,26-,27-,28-,29?,30?,31+,32-,33-,34-,35-,36+,37-,38-,39+/m0/s1. The van der Waals surface area contributed by atoms with Gasteiger partial charge in [0.15, 0.2) is 37.7 Å². The van der Waals surface area contributed by atoms with E-state index in [2.05, 4.69) is 0 Å². The minimum absolute atomic E-state index is 0.766. The van der Waals surface area contributed by atoms with Gasteiger partial charge in [-0.1, -0.05) is 6.92 Å². The predicted molar refractivity (Wildman–Crippen MR) is 212 cm³/mol. The number of ether oxygens (including phenoxy) is 12. The molecular weight excluding hydrogens is 932 g/mol. The molecule has 5 aliphatic rings. The van der Waals surface area contributed by atoms with Crippen LogP contribution in [0.1, 0.15) is 20.8 Å². The van der Waals surface area contributed by atoms with Gasteiger partial charge in [0.2, 0.25) is 0 Å². The first-order valence-electron chi connectivity index (χ1n) is 22.1. The molecule has 29 nitrogen and oxygen atoms in total. The third kappa shape index (κ3) is 12.6. The monoisotopic (exact) mass is 1000 g/mol. The van der Waals surface area contributed by atoms with Crippen LogP contribution in [-0.2, 0) is 56.8 Å². The van der Waals surface area contributed by atoms with E-state index in [1.165, 1.54) is 27.9 Å². The topological polar surface area (TPSA) is 455 Å². The van der Waals surface area contributed by atoms with E-state index in [4.69, 9.17) is 56.8 Å². The molecule has 29 atom stereocenters. The summed E-state index contributed by atoms with van der Waals surface area (Å²) in [6, 6.07) is 0. The van der Waals surface area contributed by atoms with Crippen molar-refractivity contribution in [3.05, 3.63) is 0 Å². The highest BCUT2D eigenvalue weighted by Crippen LogP contribution is 2.37. The molecule has 0 aromatic heterocycles. The Morgan fingerprint density at radius 1 is 0.441 bits per heavy atom. The lowest BCUT2D eigenvalue weighted by atomic mass is 9.91. The molecule has 5 heterocycles. The van der Waals surface area contributed by atoms with Crippen LogP contribution in [0.3, 0.4) is 0 Å². The summed E-state index contributed by atoms with van der Waals surface area (Å²) >= 11 is 0. The minimum atomic E-state index is -2.08. The summed E-state index contributed by atoms with van der Waals surface area (Å²) in [6.07, 6.45) is -47.1. The molecule has 0 amide bonds. The van der Waals surface area contributed by atoms with E-state index in [1.54, 1.807) is 0 Å². The average Bonchev–Trinajstić information content (AvgIpc) is 3.33. The predicted octanol–water partition coefficient (Wildman–Crippen LogP) is -10.5. The van der Waals surface area contributed by atoms with E-state index in [0.717, 1.165) is 0 Å². The van der Waals surface area contributed by atoms with Crippen molar-refractivity contribution in [3.63, 3.8) is 0 Å². The van der Waals surface area contributed by atoms with Crippen LogP contribution < -0.4 is 0 Å². The van der Waals surface area contributed by atoms with Crippen molar-refractivity contribution in [2.45, 2.75) is 193 Å². The van der Waals surface area contributed by atoms with Gasteiger partial charge in [-0.15, -0.1) is 0 Å². The molecular formula is C39H70O29. The zero-order chi connectivity index (χ0) is 50.5. The van der Waals surface area contributed by atoms with Gasteiger partial charge >= 0.3 is 0 Å². The summed E-state index contributed by atoms with van der Waals surface area (Å²) in [4.78, 5) is 0. The zero-order valence-corrected chi connectivity index (χ0v) is 37.5. The molecule has 68 heavy (non-hydrogen) atoms. The van der Waals surface area contributed by atoms with Crippen LogP contribution in [0.5, 0.6) is 0 Å². The maximum atomic E-state index is 11.6. The fraction of sp³-hybridized carbons (Fsp3) is 1.00. The Hall–Kier alpha value is -1.16. The second-order valence-corrected chi connectivity index (χ2v) is 17.3. The van der Waals surface area contributed by atoms with Crippen LogP contribution in [0, 0.1) is 5.92 Å². The molecule has 0 aromatic carbocycles. The molecule has 5 rings (SSSR count). The molecule has 0 radical (unpaired) electrons. The maximum absolute atomic E-state index is 11.6. The Morgan fingerprint density at radius 2 is 0.897 bits per heavy atom. The number of methoxy groups -OCH3 is 1. The minimum Gasteiger partial charge on any atom is -0.394 e. The fourth-order valence-electron chi connectivity index (χ4n) is 8.46. The van der Waals surface area contributed by atoms with Crippen molar-refractivity contribution in [3.8, 4) is 0 Å². The molecule has 0 spiro atoms. The quantitative estimate of drug-likeness (QED) is 0.0475. The lowest BCUT2D eigenvalue weighted by Crippen LogP contribution is -2.67. The molecule has 400 valence electrons. The number of aliphatic hydroxyl groups is 17. The van der Waals surface area contributed by atoms with Gasteiger partial charge in [0, 0.05) is 13.0 Å². The highest BCUT2D eigenvalue weighted by molar-refractivity contribution is 4.98. The molecule has 5 aliphatic heterocycles. The first kappa shape index (κ1) is 57.7. The molecule has 0 saturated carbocycles. The molecule has 0 bridgehead atoms. The second kappa shape index (κ2) is 25.7. The molecule has 0 aromatic rings. The van der Waals surface area contributed by atoms with E-state index in [9.17, 15) is 86.8 Å². The van der Waals surface area contributed by atoms with E-state index < -0.39 is 218 Å². The fourth-order valence-corrected chi connectivity index (χ4v) is 8.46. The molecule has 0 aliphatic carbocycles. The SMILES string of the molecule is CO[C@@H]1OC(CO)[C@@H](O[C@@H]2OC(CO)[C@H](O[C@H]3OC(CO)[C@H](O)[C@H](O[C@@H]4OC(CO)[C@H](O)C(O[C@H](OC(CO)[C@H](O)CO)[C@H](C)O[C@@H]5OC(C)[C@@H](O)C(O)[C@@H]5O)[C@@H]4C)C3O)C(O)[C@@H]2O)C(O)[C@@H]1O. The van der Waals surface area contributed by atoms with Crippen molar-refractivity contribution in [1.29, 1.82) is 0 Å². The van der Waals surface area contributed by atoms with E-state index >= 15 is 0 Å². The lowest BCUT2D eigenvalue weighted by Gasteiger charge is -2.49. The van der Waals surface area contributed by atoms with E-state index in [0.29, 0.717) is 0 Å². The van der Waals surface area contributed by atoms with Crippen LogP contribution in [-0.4, -0.2) is 306 Å². The summed E-state index contributed by atoms with van der Waals surface area (Å²) in [5, 5.41) is 180. The van der Waals surface area contributed by atoms with Crippen LogP contribution in [0.2, 0.25) is 0 Å². The van der Waals surface area contributed by atoms with E-state index in [1.807, 2.05) is 0 Å². The number of hydrogen-bond donors (Lipinski definition) is 17. The van der Waals surface area contributed by atoms with Crippen LogP contribution in [0.15, 0.2) is 0 Å². The lowest BCUT2D eigenvalue weighted by molar-refractivity contribution is -0.390. The Balaban J connectivity index is 1.34. The van der Waals surface area contributed by atoms with Crippen molar-refractivity contribution >= 4 is 0 Å². The van der Waals surface area contributed by atoms with Crippen LogP contribution >= 0.6 is 0 Å². The molecule has 5 fully saturated rings. The Morgan fingerprint density at radius 3 is 1.41 bits per heavy atom. The van der Waals surface area contributed by atoms with Gasteiger partial charge in [-0.3, -0.25) is 0 Å². The average molecular weight is 1000 g/mol. The Bertz CT molecular complexity index is 1470. The van der Waals surface area contributed by atoms with Crippen LogP contribution in [0.25, 0.3) is 0 Å². The number of rotatable bonds is 21.